The third-order valence-corrected chi connectivity index (χ3v) is 1.74. The molecule has 0 aliphatic carbocycles. The van der Waals surface area contributed by atoms with E-state index >= 15 is 0 Å². The number of hydrogen-bond donors (Lipinski definition) is 1. The molecule has 0 bridgehead atoms. The van der Waals surface area contributed by atoms with E-state index in [1.807, 2.05) is 0 Å². The van der Waals surface area contributed by atoms with Gasteiger partial charge in [-0.2, -0.15) is 0 Å². The van der Waals surface area contributed by atoms with Gasteiger partial charge in [-0.05, 0) is 6.07 Å². The van der Waals surface area contributed by atoms with Crippen molar-refractivity contribution in [2.24, 2.45) is 0 Å². The maximum Gasteiger partial charge on any atom is 0.337 e. The second kappa shape index (κ2) is 4.35. The van der Waals surface area contributed by atoms with Gasteiger partial charge in [0, 0.05) is 18.5 Å². The average Bonchev–Trinajstić information content (AvgIpc) is 2.30. The SMILES string of the molecule is O=C(O)c1cncc(Oc2ccncn2)c1. The van der Waals surface area contributed by atoms with E-state index in [1.54, 1.807) is 6.07 Å². The number of hydrogen-bond acceptors (Lipinski definition) is 5. The van der Waals surface area contributed by atoms with Gasteiger partial charge in [0.25, 0.3) is 0 Å². The zero-order valence-electron chi connectivity index (χ0n) is 8.07. The third kappa shape index (κ3) is 2.30. The maximum absolute atomic E-state index is 10.7. The van der Waals surface area contributed by atoms with Crippen molar-refractivity contribution in [2.75, 3.05) is 0 Å². The van der Waals surface area contributed by atoms with Crippen LogP contribution >= 0.6 is 0 Å². The van der Waals surface area contributed by atoms with Gasteiger partial charge in [-0.3, -0.25) is 4.98 Å². The van der Waals surface area contributed by atoms with Crippen molar-refractivity contribution in [1.82, 2.24) is 15.0 Å². The zero-order chi connectivity index (χ0) is 11.4. The highest BCUT2D eigenvalue weighted by Gasteiger charge is 2.05. The minimum Gasteiger partial charge on any atom is -0.478 e. The molecule has 2 heterocycles. The molecule has 2 aromatic heterocycles. The van der Waals surface area contributed by atoms with Gasteiger partial charge in [-0.1, -0.05) is 0 Å². The highest BCUT2D eigenvalue weighted by atomic mass is 16.5. The third-order valence-electron chi connectivity index (χ3n) is 1.74. The molecule has 6 nitrogen and oxygen atoms in total. The summed E-state index contributed by atoms with van der Waals surface area (Å²) in [5.41, 5.74) is 0.0616. The molecular weight excluding hydrogens is 210 g/mol. The Morgan fingerprint density at radius 1 is 1.31 bits per heavy atom. The number of aromatic nitrogens is 3. The predicted molar refractivity (Wildman–Crippen MR) is 53.3 cm³/mol. The van der Waals surface area contributed by atoms with Crippen LogP contribution in [0.15, 0.2) is 37.1 Å². The Morgan fingerprint density at radius 2 is 2.19 bits per heavy atom. The molecule has 0 atom stereocenters. The summed E-state index contributed by atoms with van der Waals surface area (Å²) >= 11 is 0. The second-order valence-electron chi connectivity index (χ2n) is 2.86. The monoisotopic (exact) mass is 217 g/mol. The molecule has 2 rings (SSSR count). The standard InChI is InChI=1S/C10H7N3O3/c14-10(15)7-3-8(5-12-4-7)16-9-1-2-11-6-13-9/h1-6H,(H,14,15). The Hall–Kier alpha value is -2.50. The molecule has 16 heavy (non-hydrogen) atoms. The first kappa shape index (κ1) is 10.0. The van der Waals surface area contributed by atoms with E-state index in [9.17, 15) is 4.79 Å². The molecule has 0 aliphatic heterocycles. The van der Waals surface area contributed by atoms with E-state index in [0.717, 1.165) is 0 Å². The van der Waals surface area contributed by atoms with Crippen molar-refractivity contribution in [3.8, 4) is 11.6 Å². The molecule has 0 radical (unpaired) electrons. The van der Waals surface area contributed by atoms with E-state index in [2.05, 4.69) is 15.0 Å². The highest BCUT2D eigenvalue weighted by molar-refractivity contribution is 5.87. The average molecular weight is 217 g/mol. The number of carboxylic acids is 1. The summed E-state index contributed by atoms with van der Waals surface area (Å²) in [7, 11) is 0. The zero-order valence-corrected chi connectivity index (χ0v) is 8.07. The van der Waals surface area contributed by atoms with Gasteiger partial charge in [0.2, 0.25) is 5.88 Å². The van der Waals surface area contributed by atoms with Crippen molar-refractivity contribution >= 4 is 5.97 Å². The van der Waals surface area contributed by atoms with Crippen LogP contribution in [-0.2, 0) is 0 Å². The lowest BCUT2D eigenvalue weighted by molar-refractivity contribution is 0.0696. The molecule has 0 fully saturated rings. The summed E-state index contributed by atoms with van der Waals surface area (Å²) in [6, 6.07) is 2.94. The van der Waals surface area contributed by atoms with Crippen molar-refractivity contribution in [3.63, 3.8) is 0 Å². The Labute approximate surface area is 90.6 Å². The summed E-state index contributed by atoms with van der Waals surface area (Å²) in [5, 5.41) is 8.75. The van der Waals surface area contributed by atoms with Crippen LogP contribution in [0.1, 0.15) is 10.4 Å². The quantitative estimate of drug-likeness (QED) is 0.835. The van der Waals surface area contributed by atoms with Gasteiger partial charge >= 0.3 is 5.97 Å². The number of nitrogens with zero attached hydrogens (tertiary/aromatic N) is 3. The molecule has 0 aromatic carbocycles. The topological polar surface area (TPSA) is 85.2 Å². The molecule has 0 unspecified atom stereocenters. The normalized spacial score (nSPS) is 9.75. The van der Waals surface area contributed by atoms with Gasteiger partial charge in [0.1, 0.15) is 12.1 Å². The van der Waals surface area contributed by atoms with E-state index in [4.69, 9.17) is 9.84 Å². The fourth-order valence-corrected chi connectivity index (χ4v) is 1.05. The van der Waals surface area contributed by atoms with Gasteiger partial charge in [-0.25, -0.2) is 14.8 Å². The minimum absolute atomic E-state index is 0.0616. The maximum atomic E-state index is 10.7. The summed E-state index contributed by atoms with van der Waals surface area (Å²) < 4.78 is 5.29. The first-order valence-corrected chi connectivity index (χ1v) is 4.38. The molecule has 80 valence electrons. The molecular formula is C10H7N3O3. The Bertz CT molecular complexity index is 502. The molecule has 0 saturated heterocycles. The largest absolute Gasteiger partial charge is 0.478 e. The van der Waals surface area contributed by atoms with Gasteiger partial charge in [0.15, 0.2) is 0 Å². The van der Waals surface area contributed by atoms with Crippen LogP contribution in [0.3, 0.4) is 0 Å². The van der Waals surface area contributed by atoms with Crippen LogP contribution in [-0.4, -0.2) is 26.0 Å². The molecule has 0 aliphatic rings. The molecule has 1 N–H and O–H groups in total. The molecule has 6 heteroatoms. The van der Waals surface area contributed by atoms with Crippen LogP contribution in [0.4, 0.5) is 0 Å². The van der Waals surface area contributed by atoms with E-state index < -0.39 is 5.97 Å². The molecule has 0 amide bonds. The fourth-order valence-electron chi connectivity index (χ4n) is 1.05. The number of rotatable bonds is 3. The van der Waals surface area contributed by atoms with Crippen molar-refractivity contribution in [2.45, 2.75) is 0 Å². The van der Waals surface area contributed by atoms with E-state index in [1.165, 1.54) is 31.0 Å². The smallest absolute Gasteiger partial charge is 0.337 e. The lowest BCUT2D eigenvalue weighted by Gasteiger charge is -2.03. The lowest BCUT2D eigenvalue weighted by atomic mass is 10.3. The molecule has 2 aromatic rings. The molecule has 0 spiro atoms. The summed E-state index contributed by atoms with van der Waals surface area (Å²) in [6.07, 6.45) is 5.52. The highest BCUT2D eigenvalue weighted by Crippen LogP contribution is 2.18. The van der Waals surface area contributed by atoms with Gasteiger partial charge in [0.05, 0.1) is 11.8 Å². The first-order valence-electron chi connectivity index (χ1n) is 4.38. The van der Waals surface area contributed by atoms with Crippen LogP contribution in [0.2, 0.25) is 0 Å². The van der Waals surface area contributed by atoms with E-state index in [-0.39, 0.29) is 5.56 Å². The number of carboxylic acid groups (broad SMARTS) is 1. The molecule has 0 saturated carbocycles. The Kier molecular flexibility index (Phi) is 2.73. The first-order chi connectivity index (χ1) is 7.75. The predicted octanol–water partition coefficient (Wildman–Crippen LogP) is 1.36. The summed E-state index contributed by atoms with van der Waals surface area (Å²) in [6.45, 7) is 0. The fraction of sp³-hybridized carbons (Fsp3) is 0. The van der Waals surface area contributed by atoms with Crippen molar-refractivity contribution in [3.05, 3.63) is 42.6 Å². The van der Waals surface area contributed by atoms with Crippen molar-refractivity contribution < 1.29 is 14.6 Å². The number of ether oxygens (including phenoxy) is 1. The van der Waals surface area contributed by atoms with Gasteiger partial charge < -0.3 is 9.84 Å². The summed E-state index contributed by atoms with van der Waals surface area (Å²) in [5.74, 6) is -0.404. The summed E-state index contributed by atoms with van der Waals surface area (Å²) in [4.78, 5) is 22.0. The lowest BCUT2D eigenvalue weighted by Crippen LogP contribution is -1.98. The minimum atomic E-state index is -1.05. The number of carbonyl (C=O) groups is 1. The van der Waals surface area contributed by atoms with Crippen molar-refractivity contribution in [1.29, 1.82) is 0 Å². The number of aromatic carboxylic acids is 1. The van der Waals surface area contributed by atoms with Gasteiger partial charge in [-0.15, -0.1) is 0 Å². The number of pyridine rings is 1. The van der Waals surface area contributed by atoms with Crippen LogP contribution in [0.5, 0.6) is 11.6 Å². The Balaban J connectivity index is 2.22. The Morgan fingerprint density at radius 3 is 2.88 bits per heavy atom. The van der Waals surface area contributed by atoms with Crippen LogP contribution in [0, 0.1) is 0 Å². The van der Waals surface area contributed by atoms with Crippen LogP contribution < -0.4 is 4.74 Å². The van der Waals surface area contributed by atoms with Crippen LogP contribution in [0.25, 0.3) is 0 Å². The second-order valence-corrected chi connectivity index (χ2v) is 2.86. The van der Waals surface area contributed by atoms with E-state index in [0.29, 0.717) is 11.6 Å².